The molecule has 1 aromatic heterocycles. The van der Waals surface area contributed by atoms with Crippen LogP contribution in [-0.4, -0.2) is 79.4 Å². The van der Waals surface area contributed by atoms with Crippen molar-refractivity contribution in [3.63, 3.8) is 0 Å². The smallest absolute Gasteiger partial charge is 0.310 e. The second-order valence-electron chi connectivity index (χ2n) is 8.71. The van der Waals surface area contributed by atoms with Crippen molar-refractivity contribution in [2.24, 2.45) is 5.92 Å². The molecule has 3 aliphatic heterocycles. The lowest BCUT2D eigenvalue weighted by atomic mass is 9.96. The van der Waals surface area contributed by atoms with Gasteiger partial charge in [0.15, 0.2) is 0 Å². The number of aryl methyl sites for hydroxylation is 1. The van der Waals surface area contributed by atoms with Crippen LogP contribution < -0.4 is 0 Å². The number of carbonyl (C=O) groups is 2. The van der Waals surface area contributed by atoms with E-state index in [9.17, 15) is 18.4 Å². The van der Waals surface area contributed by atoms with E-state index in [2.05, 4.69) is 10.2 Å². The predicted molar refractivity (Wildman–Crippen MR) is 112 cm³/mol. The maximum atomic E-state index is 13.4. The highest BCUT2D eigenvalue weighted by molar-refractivity contribution is 7.94. The van der Waals surface area contributed by atoms with Crippen molar-refractivity contribution >= 4 is 22.3 Å². The standard InChI is InChI=1S/C20H31N5O5S/c1-3-30-20(27)15-5-4-10-23(13-15)19(26)16-6-7-17-21-22-18(25(16)17)14-8-11-24(12-9-14)31(2,28)29/h14-16H,3-13H2,1-2H3. The lowest BCUT2D eigenvalue weighted by Gasteiger charge is -2.34. The van der Waals surface area contributed by atoms with Crippen LogP contribution in [0.4, 0.5) is 0 Å². The van der Waals surface area contributed by atoms with E-state index in [0.29, 0.717) is 58.5 Å². The monoisotopic (exact) mass is 453 g/mol. The van der Waals surface area contributed by atoms with Crippen molar-refractivity contribution in [2.45, 2.75) is 57.4 Å². The normalized spacial score (nSPS) is 27.0. The fourth-order valence-electron chi connectivity index (χ4n) is 5.04. The summed E-state index contributed by atoms with van der Waals surface area (Å²) >= 11 is 0. The number of hydrogen-bond acceptors (Lipinski definition) is 7. The Balaban J connectivity index is 1.47. The topological polar surface area (TPSA) is 121 Å². The lowest BCUT2D eigenvalue weighted by molar-refractivity contribution is -0.151. The zero-order valence-electron chi connectivity index (χ0n) is 18.2. The zero-order valence-corrected chi connectivity index (χ0v) is 19.0. The molecule has 10 nitrogen and oxygen atoms in total. The fraction of sp³-hybridized carbons (Fsp3) is 0.800. The number of aromatic nitrogens is 3. The molecule has 0 spiro atoms. The fourth-order valence-corrected chi connectivity index (χ4v) is 5.92. The van der Waals surface area contributed by atoms with Crippen molar-refractivity contribution in [3.8, 4) is 0 Å². The van der Waals surface area contributed by atoms with Crippen molar-refractivity contribution < 1.29 is 23.1 Å². The number of fused-ring (bicyclic) bond motifs is 1. The highest BCUT2D eigenvalue weighted by Crippen LogP contribution is 2.36. The maximum Gasteiger partial charge on any atom is 0.310 e. The molecule has 2 saturated heterocycles. The highest BCUT2D eigenvalue weighted by atomic mass is 32.3. The first-order valence-corrected chi connectivity index (χ1v) is 13.0. The molecular weight excluding hydrogens is 422 g/mol. The summed E-state index contributed by atoms with van der Waals surface area (Å²) in [5.74, 6) is 1.22. The Morgan fingerprint density at radius 3 is 2.58 bits per heavy atom. The molecule has 0 radical (unpaired) electrons. The minimum Gasteiger partial charge on any atom is -0.598 e. The average molecular weight is 454 g/mol. The summed E-state index contributed by atoms with van der Waals surface area (Å²) in [6.45, 7) is 4.09. The minimum absolute atomic E-state index is 0.0161. The molecule has 3 unspecified atom stereocenters. The summed E-state index contributed by atoms with van der Waals surface area (Å²) in [7, 11) is -3.19. The summed E-state index contributed by atoms with van der Waals surface area (Å²) < 4.78 is 32.3. The number of likely N-dealkylation sites (tertiary alicyclic amines) is 1. The summed E-state index contributed by atoms with van der Waals surface area (Å²) in [4.78, 5) is 27.4. The van der Waals surface area contributed by atoms with Gasteiger partial charge in [-0.1, -0.05) is 4.21 Å². The van der Waals surface area contributed by atoms with Crippen LogP contribution in [0.15, 0.2) is 0 Å². The Labute approximate surface area is 183 Å². The second kappa shape index (κ2) is 8.95. The van der Waals surface area contributed by atoms with E-state index in [1.54, 1.807) is 11.8 Å². The average Bonchev–Trinajstić information content (AvgIpc) is 3.35. The lowest BCUT2D eigenvalue weighted by Crippen LogP contribution is -2.45. The van der Waals surface area contributed by atoms with E-state index in [1.807, 2.05) is 4.57 Å². The molecule has 4 rings (SSSR count). The molecule has 1 aromatic rings. The molecule has 0 saturated carbocycles. The SMILES string of the molecule is CCOC(=O)C1CCCN(C(=O)C2CCc3nnc(C4CCN([S+](C)(=O)[O-])CC4)n32)C1. The van der Waals surface area contributed by atoms with E-state index < -0.39 is 10.4 Å². The summed E-state index contributed by atoms with van der Waals surface area (Å²) in [6, 6.07) is -0.353. The molecule has 0 aliphatic carbocycles. The highest BCUT2D eigenvalue weighted by Gasteiger charge is 2.40. The molecule has 3 aliphatic rings. The Hall–Kier alpha value is -1.85. The first-order valence-electron chi connectivity index (χ1n) is 11.1. The number of esters is 1. The summed E-state index contributed by atoms with van der Waals surface area (Å²) in [5.41, 5.74) is 0. The zero-order chi connectivity index (χ0) is 22.2. The van der Waals surface area contributed by atoms with Crippen molar-refractivity contribution in [1.82, 2.24) is 24.0 Å². The van der Waals surface area contributed by atoms with Gasteiger partial charge >= 0.3 is 5.97 Å². The van der Waals surface area contributed by atoms with Crippen LogP contribution in [0.2, 0.25) is 0 Å². The first-order chi connectivity index (χ1) is 14.8. The third-order valence-corrected chi connectivity index (χ3v) is 7.98. The number of hydrogen-bond donors (Lipinski definition) is 0. The predicted octanol–water partition coefficient (Wildman–Crippen LogP) is 0.921. The van der Waals surface area contributed by atoms with Gasteiger partial charge in [-0.15, -0.1) is 14.5 Å². The van der Waals surface area contributed by atoms with Gasteiger partial charge in [0.05, 0.1) is 12.5 Å². The third kappa shape index (κ3) is 4.54. The largest absolute Gasteiger partial charge is 0.598 e. The summed E-state index contributed by atoms with van der Waals surface area (Å²) in [6.07, 6.45) is 5.48. The number of rotatable bonds is 5. The van der Waals surface area contributed by atoms with Crippen LogP contribution in [0.1, 0.15) is 62.6 Å². The van der Waals surface area contributed by atoms with Crippen molar-refractivity contribution in [1.29, 1.82) is 0 Å². The van der Waals surface area contributed by atoms with E-state index in [-0.39, 0.29) is 29.8 Å². The van der Waals surface area contributed by atoms with Gasteiger partial charge in [0.1, 0.15) is 34.3 Å². The number of carbonyl (C=O) groups excluding carboxylic acids is 2. The van der Waals surface area contributed by atoms with Crippen LogP contribution in [0, 0.1) is 5.92 Å². The van der Waals surface area contributed by atoms with Crippen molar-refractivity contribution in [3.05, 3.63) is 11.6 Å². The minimum atomic E-state index is -3.19. The molecule has 3 atom stereocenters. The van der Waals surface area contributed by atoms with Gasteiger partial charge in [0.25, 0.3) is 0 Å². The van der Waals surface area contributed by atoms with E-state index in [4.69, 9.17) is 4.74 Å². The van der Waals surface area contributed by atoms with E-state index in [0.717, 1.165) is 24.5 Å². The van der Waals surface area contributed by atoms with Crippen LogP contribution in [0.25, 0.3) is 0 Å². The molecule has 0 N–H and O–H groups in total. The van der Waals surface area contributed by atoms with Gasteiger partial charge in [0, 0.05) is 38.5 Å². The molecule has 11 heteroatoms. The molecule has 2 fully saturated rings. The van der Waals surface area contributed by atoms with Gasteiger partial charge in [-0.2, -0.15) is 0 Å². The number of sulfonamides is 1. The van der Waals surface area contributed by atoms with Crippen LogP contribution in [0.3, 0.4) is 0 Å². The molecule has 172 valence electrons. The number of ether oxygens (including phenoxy) is 1. The first kappa shape index (κ1) is 22.3. The Morgan fingerprint density at radius 1 is 1.16 bits per heavy atom. The maximum absolute atomic E-state index is 13.4. The third-order valence-electron chi connectivity index (χ3n) is 6.67. The van der Waals surface area contributed by atoms with Crippen LogP contribution >= 0.6 is 0 Å². The Kier molecular flexibility index (Phi) is 6.45. The van der Waals surface area contributed by atoms with Gasteiger partial charge in [-0.25, -0.2) is 0 Å². The summed E-state index contributed by atoms with van der Waals surface area (Å²) in [5, 5.41) is 8.72. The quantitative estimate of drug-likeness (QED) is 0.480. The molecule has 4 heterocycles. The Bertz CT molecular complexity index is 875. The molecule has 1 amide bonds. The van der Waals surface area contributed by atoms with Gasteiger partial charge < -0.3 is 18.8 Å². The van der Waals surface area contributed by atoms with Crippen LogP contribution in [-0.2, 0) is 35.4 Å². The van der Waals surface area contributed by atoms with Gasteiger partial charge in [-0.3, -0.25) is 9.59 Å². The van der Waals surface area contributed by atoms with E-state index >= 15 is 0 Å². The molecule has 31 heavy (non-hydrogen) atoms. The Morgan fingerprint density at radius 2 is 1.90 bits per heavy atom. The van der Waals surface area contributed by atoms with E-state index in [1.165, 1.54) is 10.6 Å². The van der Waals surface area contributed by atoms with Gasteiger partial charge in [0.2, 0.25) is 5.91 Å². The second-order valence-corrected chi connectivity index (χ2v) is 10.7. The van der Waals surface area contributed by atoms with Crippen molar-refractivity contribution in [2.75, 3.05) is 39.0 Å². The van der Waals surface area contributed by atoms with Gasteiger partial charge in [-0.05, 0) is 39.0 Å². The van der Waals surface area contributed by atoms with Crippen LogP contribution in [0.5, 0.6) is 0 Å². The number of amides is 1. The number of nitrogens with zero attached hydrogens (tertiary/aromatic N) is 5. The molecular formula is C20H31N5O5S. The molecule has 0 bridgehead atoms. The number of piperidine rings is 2. The molecule has 0 aromatic carbocycles.